The zero-order chi connectivity index (χ0) is 10.7. The van der Waals surface area contributed by atoms with Gasteiger partial charge in [0.2, 0.25) is 0 Å². The molecule has 0 radical (unpaired) electrons. The van der Waals surface area contributed by atoms with Crippen LogP contribution in [0.25, 0.3) is 0 Å². The summed E-state index contributed by atoms with van der Waals surface area (Å²) in [5, 5.41) is 7.69. The average molecular weight is 209 g/mol. The van der Waals surface area contributed by atoms with E-state index in [0.29, 0.717) is 5.41 Å². The minimum atomic E-state index is 0.357. The van der Waals surface area contributed by atoms with E-state index in [-0.39, 0.29) is 0 Å². The number of aryl methyl sites for hydroxylation is 1. The van der Waals surface area contributed by atoms with Gasteiger partial charge in [0.1, 0.15) is 5.82 Å². The molecule has 0 bridgehead atoms. The van der Waals surface area contributed by atoms with Crippen LogP contribution in [0.1, 0.15) is 19.8 Å². The van der Waals surface area contributed by atoms with Gasteiger partial charge in [-0.15, -0.1) is 0 Å². The standard InChI is InChI=1S/C11H19N3O/c1-11(4-7-15-8-5-11)9-12-10-3-6-14(2)13-10/h3,6H,4-5,7-9H2,1-2H3,(H,12,13). The van der Waals surface area contributed by atoms with Gasteiger partial charge in [-0.1, -0.05) is 6.92 Å². The van der Waals surface area contributed by atoms with Crippen molar-refractivity contribution in [3.05, 3.63) is 12.3 Å². The second kappa shape index (κ2) is 4.23. The Morgan fingerprint density at radius 2 is 2.27 bits per heavy atom. The molecule has 0 spiro atoms. The normalized spacial score (nSPS) is 20.1. The first-order chi connectivity index (χ1) is 7.18. The van der Waals surface area contributed by atoms with Gasteiger partial charge in [0.05, 0.1) is 0 Å². The van der Waals surface area contributed by atoms with Crippen molar-refractivity contribution in [2.24, 2.45) is 12.5 Å². The van der Waals surface area contributed by atoms with Gasteiger partial charge >= 0.3 is 0 Å². The zero-order valence-corrected chi connectivity index (χ0v) is 9.49. The van der Waals surface area contributed by atoms with E-state index in [1.165, 1.54) is 0 Å². The monoisotopic (exact) mass is 209 g/mol. The Bertz CT molecular complexity index is 315. The van der Waals surface area contributed by atoms with Crippen molar-refractivity contribution in [2.45, 2.75) is 19.8 Å². The first-order valence-electron chi connectivity index (χ1n) is 5.49. The second-order valence-electron chi connectivity index (χ2n) is 4.65. The molecular weight excluding hydrogens is 190 g/mol. The van der Waals surface area contributed by atoms with E-state index < -0.39 is 0 Å². The molecule has 1 aromatic heterocycles. The summed E-state index contributed by atoms with van der Waals surface area (Å²) < 4.78 is 7.19. The van der Waals surface area contributed by atoms with Crippen LogP contribution in [0.15, 0.2) is 12.3 Å². The molecule has 1 aliphatic rings. The smallest absolute Gasteiger partial charge is 0.147 e. The highest BCUT2D eigenvalue weighted by Gasteiger charge is 2.27. The number of nitrogens with one attached hydrogen (secondary N) is 1. The van der Waals surface area contributed by atoms with Gasteiger partial charge in [-0.2, -0.15) is 5.10 Å². The summed E-state index contributed by atoms with van der Waals surface area (Å²) in [5.41, 5.74) is 0.357. The Hall–Kier alpha value is -1.03. The van der Waals surface area contributed by atoms with Crippen LogP contribution in [-0.4, -0.2) is 29.5 Å². The third kappa shape index (κ3) is 2.72. The molecule has 2 rings (SSSR count). The Morgan fingerprint density at radius 1 is 1.53 bits per heavy atom. The third-order valence-electron chi connectivity index (χ3n) is 3.11. The number of aromatic nitrogens is 2. The van der Waals surface area contributed by atoms with Gasteiger partial charge in [0, 0.05) is 39.1 Å². The van der Waals surface area contributed by atoms with Crippen LogP contribution in [0.4, 0.5) is 5.82 Å². The lowest BCUT2D eigenvalue weighted by Gasteiger charge is -2.33. The molecule has 2 heterocycles. The highest BCUT2D eigenvalue weighted by atomic mass is 16.5. The molecule has 4 heteroatoms. The molecule has 0 unspecified atom stereocenters. The molecule has 1 N–H and O–H groups in total. The topological polar surface area (TPSA) is 39.1 Å². The Kier molecular flexibility index (Phi) is 2.95. The maximum atomic E-state index is 5.37. The number of anilines is 1. The second-order valence-corrected chi connectivity index (χ2v) is 4.65. The number of hydrogen-bond donors (Lipinski definition) is 1. The fourth-order valence-electron chi connectivity index (χ4n) is 1.85. The summed E-state index contributed by atoms with van der Waals surface area (Å²) in [5.74, 6) is 0.963. The van der Waals surface area contributed by atoms with E-state index in [1.807, 2.05) is 24.0 Å². The summed E-state index contributed by atoms with van der Waals surface area (Å²) in [6.45, 7) is 5.07. The molecule has 0 atom stereocenters. The summed E-state index contributed by atoms with van der Waals surface area (Å²) in [4.78, 5) is 0. The highest BCUT2D eigenvalue weighted by molar-refractivity contribution is 5.32. The van der Waals surface area contributed by atoms with Gasteiger partial charge in [0.25, 0.3) is 0 Å². The van der Waals surface area contributed by atoms with Gasteiger partial charge in [-0.25, -0.2) is 0 Å². The van der Waals surface area contributed by atoms with Crippen molar-refractivity contribution in [1.82, 2.24) is 9.78 Å². The average Bonchev–Trinajstić information content (AvgIpc) is 2.63. The van der Waals surface area contributed by atoms with Crippen LogP contribution >= 0.6 is 0 Å². The molecule has 15 heavy (non-hydrogen) atoms. The van der Waals surface area contributed by atoms with Crippen molar-refractivity contribution in [3.63, 3.8) is 0 Å². The third-order valence-corrected chi connectivity index (χ3v) is 3.11. The van der Waals surface area contributed by atoms with E-state index in [9.17, 15) is 0 Å². The molecule has 0 saturated carbocycles. The Morgan fingerprint density at radius 3 is 2.87 bits per heavy atom. The maximum Gasteiger partial charge on any atom is 0.147 e. The van der Waals surface area contributed by atoms with Crippen LogP contribution in [0.3, 0.4) is 0 Å². The van der Waals surface area contributed by atoms with Crippen molar-refractivity contribution < 1.29 is 4.74 Å². The molecular formula is C11H19N3O. The molecule has 84 valence electrons. The fourth-order valence-corrected chi connectivity index (χ4v) is 1.85. The van der Waals surface area contributed by atoms with Crippen LogP contribution in [-0.2, 0) is 11.8 Å². The van der Waals surface area contributed by atoms with Crippen molar-refractivity contribution in [2.75, 3.05) is 25.1 Å². The molecule has 0 aromatic carbocycles. The van der Waals surface area contributed by atoms with Crippen LogP contribution in [0, 0.1) is 5.41 Å². The summed E-state index contributed by atoms with van der Waals surface area (Å²) >= 11 is 0. The van der Waals surface area contributed by atoms with E-state index in [2.05, 4.69) is 17.3 Å². The van der Waals surface area contributed by atoms with E-state index in [1.54, 1.807) is 0 Å². The maximum absolute atomic E-state index is 5.37. The molecule has 1 aromatic rings. The quantitative estimate of drug-likeness (QED) is 0.822. The van der Waals surface area contributed by atoms with Gasteiger partial charge in [0.15, 0.2) is 0 Å². The minimum absolute atomic E-state index is 0.357. The molecule has 4 nitrogen and oxygen atoms in total. The van der Waals surface area contributed by atoms with E-state index in [4.69, 9.17) is 4.74 Å². The highest BCUT2D eigenvalue weighted by Crippen LogP contribution is 2.29. The summed E-state index contributed by atoms with van der Waals surface area (Å²) in [6, 6.07) is 2.00. The van der Waals surface area contributed by atoms with Crippen LogP contribution in [0.5, 0.6) is 0 Å². The fraction of sp³-hybridized carbons (Fsp3) is 0.727. The molecule has 1 aliphatic heterocycles. The predicted octanol–water partition coefficient (Wildman–Crippen LogP) is 1.65. The van der Waals surface area contributed by atoms with Crippen LogP contribution in [0.2, 0.25) is 0 Å². The SMILES string of the molecule is Cn1ccc(NCC2(C)CCOCC2)n1. The lowest BCUT2D eigenvalue weighted by Crippen LogP contribution is -2.33. The molecule has 0 amide bonds. The first-order valence-corrected chi connectivity index (χ1v) is 5.49. The largest absolute Gasteiger partial charge is 0.381 e. The number of ether oxygens (including phenoxy) is 1. The zero-order valence-electron chi connectivity index (χ0n) is 9.49. The van der Waals surface area contributed by atoms with Gasteiger partial charge < -0.3 is 10.1 Å². The van der Waals surface area contributed by atoms with Gasteiger partial charge in [-0.3, -0.25) is 4.68 Å². The van der Waals surface area contributed by atoms with Crippen LogP contribution < -0.4 is 5.32 Å². The molecule has 1 saturated heterocycles. The Balaban J connectivity index is 1.86. The molecule has 1 fully saturated rings. The van der Waals surface area contributed by atoms with E-state index >= 15 is 0 Å². The summed E-state index contributed by atoms with van der Waals surface area (Å²) in [7, 11) is 1.93. The van der Waals surface area contributed by atoms with Gasteiger partial charge in [-0.05, 0) is 18.3 Å². The van der Waals surface area contributed by atoms with E-state index in [0.717, 1.165) is 38.4 Å². The lowest BCUT2D eigenvalue weighted by molar-refractivity contribution is 0.0299. The van der Waals surface area contributed by atoms with Crippen molar-refractivity contribution in [3.8, 4) is 0 Å². The Labute approximate surface area is 90.6 Å². The van der Waals surface area contributed by atoms with Crippen molar-refractivity contribution in [1.29, 1.82) is 0 Å². The predicted molar refractivity (Wildman–Crippen MR) is 59.9 cm³/mol. The number of nitrogens with zero attached hydrogens (tertiary/aromatic N) is 2. The number of rotatable bonds is 3. The molecule has 0 aliphatic carbocycles. The summed E-state index contributed by atoms with van der Waals surface area (Å²) in [6.07, 6.45) is 4.22. The van der Waals surface area contributed by atoms with Crippen molar-refractivity contribution >= 4 is 5.82 Å². The number of hydrogen-bond acceptors (Lipinski definition) is 3. The lowest BCUT2D eigenvalue weighted by atomic mass is 9.82. The minimum Gasteiger partial charge on any atom is -0.381 e. The first kappa shape index (κ1) is 10.5.